The first kappa shape index (κ1) is 67.3. The number of rotatable bonds is 49. The molecule has 13 heteroatoms. The van der Waals surface area contributed by atoms with Crippen molar-refractivity contribution >= 4 is 16.4 Å². The zero-order valence-corrected chi connectivity index (χ0v) is 45.8. The highest BCUT2D eigenvalue weighted by molar-refractivity contribution is 7.80. The lowest BCUT2D eigenvalue weighted by atomic mass is 9.99. The van der Waals surface area contributed by atoms with Crippen LogP contribution in [0.2, 0.25) is 0 Å². The van der Waals surface area contributed by atoms with Gasteiger partial charge in [-0.25, -0.2) is 4.18 Å². The highest BCUT2D eigenvalue weighted by atomic mass is 32.3. The Morgan fingerprint density at radius 3 is 1.40 bits per heavy atom. The normalized spacial score (nSPS) is 19.6. The predicted octanol–water partition coefficient (Wildman–Crippen LogP) is 14.0. The van der Waals surface area contributed by atoms with Crippen LogP contribution in [0.15, 0.2) is 85.1 Å². The third kappa shape index (κ3) is 41.6. The first-order valence-corrected chi connectivity index (χ1v) is 29.7. The fraction of sp³-hybridized carbons (Fsp3) is 0.746. The van der Waals surface area contributed by atoms with Crippen LogP contribution < -0.4 is 0 Å². The molecule has 0 saturated carbocycles. The molecule has 0 bridgehead atoms. The molecule has 0 spiro atoms. The largest absolute Gasteiger partial charge is 0.457 e. The molecule has 0 radical (unpaired) electrons. The van der Waals surface area contributed by atoms with E-state index in [1.807, 2.05) is 0 Å². The van der Waals surface area contributed by atoms with E-state index < -0.39 is 59.8 Å². The van der Waals surface area contributed by atoms with Crippen molar-refractivity contribution in [2.75, 3.05) is 26.4 Å². The number of ether oxygens (including phenoxy) is 4. The highest BCUT2D eigenvalue weighted by Gasteiger charge is 2.48. The molecule has 0 aromatic rings. The summed E-state index contributed by atoms with van der Waals surface area (Å²) in [6, 6.07) is 0. The molecule has 0 aromatic carbocycles. The molecule has 4 N–H and O–H groups in total. The Labute approximate surface area is 438 Å². The van der Waals surface area contributed by atoms with E-state index in [2.05, 4.69) is 103 Å². The van der Waals surface area contributed by atoms with E-state index in [4.69, 9.17) is 18.9 Å². The molecule has 1 heterocycles. The summed E-state index contributed by atoms with van der Waals surface area (Å²) in [5.41, 5.74) is 0. The van der Waals surface area contributed by atoms with Gasteiger partial charge in [0.15, 0.2) is 6.29 Å². The number of allylic oxidation sites excluding steroid dienone is 14. The Kier molecular flexibility index (Phi) is 46.0. The van der Waals surface area contributed by atoms with Gasteiger partial charge in [0.1, 0.15) is 30.5 Å². The molecule has 416 valence electrons. The smallest absolute Gasteiger partial charge is 0.397 e. The maximum atomic E-state index is 13.0. The second-order valence-corrected chi connectivity index (χ2v) is 20.2. The van der Waals surface area contributed by atoms with Crippen molar-refractivity contribution in [3.05, 3.63) is 85.1 Å². The average Bonchev–Trinajstić information content (AvgIpc) is 3.36. The fourth-order valence-corrected chi connectivity index (χ4v) is 8.77. The summed E-state index contributed by atoms with van der Waals surface area (Å²) in [5, 5.41) is 30.8. The summed E-state index contributed by atoms with van der Waals surface area (Å²) in [5.74, 6) is -0.408. The summed E-state index contributed by atoms with van der Waals surface area (Å²) < 4.78 is 59.4. The number of carbonyl (C=O) groups excluding carboxylic acids is 1. The van der Waals surface area contributed by atoms with Crippen LogP contribution in [0.1, 0.15) is 219 Å². The van der Waals surface area contributed by atoms with Crippen LogP contribution in [-0.4, -0.2) is 97.5 Å². The van der Waals surface area contributed by atoms with E-state index in [0.717, 1.165) is 96.3 Å². The lowest BCUT2D eigenvalue weighted by Crippen LogP contribution is -2.60. The van der Waals surface area contributed by atoms with Crippen LogP contribution in [0.5, 0.6) is 0 Å². The number of carbonyl (C=O) groups is 1. The SMILES string of the molecule is CC/C=C\C/C=C\C/C=C\C/C=C\C/C=C\CCCCCCCCOCC(COC1OC(CO)C(O)C(OS(=O)(=O)O)C1O)OC(=O)CCCCCCCCCCCCC/C=C\C/C=C\CCCCCCC. The minimum Gasteiger partial charge on any atom is -0.457 e. The molecule has 72 heavy (non-hydrogen) atoms. The van der Waals surface area contributed by atoms with E-state index in [9.17, 15) is 33.1 Å². The molecule has 0 aromatic heterocycles. The van der Waals surface area contributed by atoms with Crippen LogP contribution in [0, 0.1) is 0 Å². The van der Waals surface area contributed by atoms with Crippen LogP contribution in [0.3, 0.4) is 0 Å². The van der Waals surface area contributed by atoms with E-state index in [1.54, 1.807) is 0 Å². The van der Waals surface area contributed by atoms with Crippen LogP contribution in [0.4, 0.5) is 0 Å². The lowest BCUT2D eigenvalue weighted by molar-refractivity contribution is -0.301. The van der Waals surface area contributed by atoms with Crippen molar-refractivity contribution in [3.63, 3.8) is 0 Å². The van der Waals surface area contributed by atoms with Crippen LogP contribution in [-0.2, 0) is 38.3 Å². The Bertz CT molecular complexity index is 1570. The Morgan fingerprint density at radius 1 is 0.542 bits per heavy atom. The van der Waals surface area contributed by atoms with Crippen molar-refractivity contribution in [2.45, 2.75) is 256 Å². The molecule has 0 aliphatic carbocycles. The summed E-state index contributed by atoms with van der Waals surface area (Å²) in [6.07, 6.45) is 57.5. The van der Waals surface area contributed by atoms with Gasteiger partial charge in [-0.05, 0) is 89.9 Å². The van der Waals surface area contributed by atoms with Crippen molar-refractivity contribution in [1.29, 1.82) is 0 Å². The monoisotopic (exact) mass is 1030 g/mol. The van der Waals surface area contributed by atoms with Crippen LogP contribution in [0.25, 0.3) is 0 Å². The van der Waals surface area contributed by atoms with Crippen molar-refractivity contribution in [2.24, 2.45) is 0 Å². The van der Waals surface area contributed by atoms with E-state index in [1.165, 1.54) is 96.3 Å². The maximum Gasteiger partial charge on any atom is 0.397 e. The van der Waals surface area contributed by atoms with Gasteiger partial charge in [-0.15, -0.1) is 0 Å². The average molecular weight is 1040 g/mol. The minimum absolute atomic E-state index is 0.0209. The molecule has 1 saturated heterocycles. The van der Waals surface area contributed by atoms with E-state index >= 15 is 0 Å². The Morgan fingerprint density at radius 2 is 0.958 bits per heavy atom. The molecule has 0 amide bonds. The van der Waals surface area contributed by atoms with Crippen molar-refractivity contribution in [1.82, 2.24) is 0 Å². The number of esters is 1. The molecule has 6 unspecified atom stereocenters. The number of unbranched alkanes of at least 4 members (excludes halogenated alkanes) is 22. The summed E-state index contributed by atoms with van der Waals surface area (Å²) in [7, 11) is -5.07. The molecular formula is C59H102O12S. The van der Waals surface area contributed by atoms with E-state index in [0.29, 0.717) is 13.0 Å². The number of aliphatic hydroxyl groups is 3. The van der Waals surface area contributed by atoms with Gasteiger partial charge in [0.05, 0.1) is 19.8 Å². The zero-order valence-electron chi connectivity index (χ0n) is 45.0. The molecule has 12 nitrogen and oxygen atoms in total. The quantitative estimate of drug-likeness (QED) is 0.0196. The standard InChI is InChI=1S/C59H102O12S/c1-3-5-7-9-11-13-15-17-19-21-23-25-27-28-30-32-34-36-38-40-42-44-46-48-55(61)69-53(52-68-59-57(63)58(71-72(64,65)66)56(62)54(50-60)70-59)51-67-49-47-45-43-41-39-37-35-33-31-29-26-24-22-20-18-16-14-12-10-8-6-4-2/h6,8,12,14-15,17-18,20-21,23-24,26,31,33,53-54,56-60,62-63H,3-5,7,9-11,13,16,19,22,25,27-30,32,34-52H2,1-2H3,(H,64,65,66)/b8-6-,14-12-,17-15-,20-18-,23-21-,26-24-,33-31-. The highest BCUT2D eigenvalue weighted by Crippen LogP contribution is 2.26. The Balaban J connectivity index is 2.33. The summed E-state index contributed by atoms with van der Waals surface area (Å²) in [4.78, 5) is 13.0. The van der Waals surface area contributed by atoms with Crippen molar-refractivity contribution < 1.29 is 56.2 Å². The third-order valence-corrected chi connectivity index (χ3v) is 13.0. The summed E-state index contributed by atoms with van der Waals surface area (Å²) >= 11 is 0. The second-order valence-electron chi connectivity index (χ2n) is 19.1. The number of hydrogen-bond acceptors (Lipinski definition) is 11. The predicted molar refractivity (Wildman–Crippen MR) is 294 cm³/mol. The molecule has 1 rings (SSSR count). The van der Waals surface area contributed by atoms with Gasteiger partial charge in [-0.1, -0.05) is 208 Å². The topological polar surface area (TPSA) is 178 Å². The Hall–Kier alpha value is -2.72. The lowest BCUT2D eigenvalue weighted by Gasteiger charge is -2.41. The van der Waals surface area contributed by atoms with Gasteiger partial charge in [0, 0.05) is 13.0 Å². The first-order chi connectivity index (χ1) is 35.1. The molecule has 1 aliphatic rings. The first-order valence-electron chi connectivity index (χ1n) is 28.3. The van der Waals surface area contributed by atoms with Gasteiger partial charge in [0.2, 0.25) is 0 Å². The van der Waals surface area contributed by atoms with Crippen LogP contribution >= 0.6 is 0 Å². The molecule has 1 aliphatic heterocycles. The number of aliphatic hydroxyl groups excluding tert-OH is 3. The second kappa shape index (κ2) is 49.2. The fourth-order valence-electron chi connectivity index (χ4n) is 8.26. The van der Waals surface area contributed by atoms with E-state index in [-0.39, 0.29) is 19.6 Å². The number of hydrogen-bond donors (Lipinski definition) is 4. The van der Waals surface area contributed by atoms with Crippen molar-refractivity contribution in [3.8, 4) is 0 Å². The minimum atomic E-state index is -5.07. The maximum absolute atomic E-state index is 13.0. The molecular weight excluding hydrogens is 933 g/mol. The summed E-state index contributed by atoms with van der Waals surface area (Å²) in [6.45, 7) is 3.84. The third-order valence-electron chi connectivity index (χ3n) is 12.5. The zero-order chi connectivity index (χ0) is 52.4. The molecule has 6 atom stereocenters. The van der Waals surface area contributed by atoms with Gasteiger partial charge in [-0.2, -0.15) is 8.42 Å². The van der Waals surface area contributed by atoms with Gasteiger partial charge < -0.3 is 34.3 Å². The van der Waals surface area contributed by atoms with Gasteiger partial charge >= 0.3 is 16.4 Å². The molecule has 1 fully saturated rings. The van der Waals surface area contributed by atoms with Gasteiger partial charge in [-0.3, -0.25) is 9.35 Å². The van der Waals surface area contributed by atoms with Gasteiger partial charge in [0.25, 0.3) is 0 Å².